The summed E-state index contributed by atoms with van der Waals surface area (Å²) < 4.78 is 1.91. The number of hydrogen-bond donors (Lipinski definition) is 1. The van der Waals surface area contributed by atoms with E-state index in [4.69, 9.17) is 5.73 Å². The van der Waals surface area contributed by atoms with E-state index in [9.17, 15) is 0 Å². The van der Waals surface area contributed by atoms with Gasteiger partial charge in [-0.2, -0.15) is 0 Å². The molecule has 0 spiro atoms. The summed E-state index contributed by atoms with van der Waals surface area (Å²) in [5, 5.41) is 0. The molecule has 0 bridgehead atoms. The van der Waals surface area contributed by atoms with Crippen LogP contribution in [0.2, 0.25) is 0 Å². The fraction of sp³-hybridized carbons (Fsp3) is 0.571. The average molecular weight is 142 g/mol. The Morgan fingerprint density at radius 1 is 1.40 bits per heavy atom. The third-order valence-electron chi connectivity index (χ3n) is 0.815. The molecule has 0 atom stereocenters. The van der Waals surface area contributed by atoms with Gasteiger partial charge in [0.1, 0.15) is 19.8 Å². The molecule has 0 amide bonds. The van der Waals surface area contributed by atoms with Crippen LogP contribution in [-0.2, 0) is 0 Å². The van der Waals surface area contributed by atoms with Crippen LogP contribution >= 0.6 is 0 Å². The highest BCUT2D eigenvalue weighted by Crippen LogP contribution is 1.80. The topological polar surface area (TPSA) is 32.3 Å². The van der Waals surface area contributed by atoms with E-state index in [-0.39, 0.29) is 0 Å². The van der Waals surface area contributed by atoms with Crippen molar-refractivity contribution in [1.82, 2.24) is 4.90 Å². The highest BCUT2D eigenvalue weighted by atomic mass is 15.0. The summed E-state index contributed by atoms with van der Waals surface area (Å²) in [7, 11) is 7.76. The molecule has 3 heteroatoms. The minimum Gasteiger partial charge on any atom is -0.393 e. The van der Waals surface area contributed by atoms with Crippen molar-refractivity contribution in [2.75, 3.05) is 28.2 Å². The zero-order valence-electron chi connectivity index (χ0n) is 7.13. The van der Waals surface area contributed by atoms with Crippen LogP contribution < -0.4 is 5.73 Å². The van der Waals surface area contributed by atoms with E-state index in [2.05, 4.69) is 0 Å². The second-order valence-corrected chi connectivity index (χ2v) is 2.69. The molecule has 0 radical (unpaired) electrons. The number of nitrogens with two attached hydrogens (primary N) is 1. The average Bonchev–Trinajstić information content (AvgIpc) is 1.58. The molecule has 0 aromatic heterocycles. The van der Waals surface area contributed by atoms with Crippen LogP contribution in [-0.4, -0.2) is 43.9 Å². The van der Waals surface area contributed by atoms with Gasteiger partial charge in [-0.3, -0.25) is 0 Å². The highest BCUT2D eigenvalue weighted by Gasteiger charge is 1.89. The van der Waals surface area contributed by atoms with E-state index in [1.165, 1.54) is 0 Å². The fourth-order valence-corrected chi connectivity index (χ4v) is 0.630. The van der Waals surface area contributed by atoms with E-state index < -0.39 is 0 Å². The van der Waals surface area contributed by atoms with Crippen molar-refractivity contribution in [3.8, 4) is 0 Å². The van der Waals surface area contributed by atoms with E-state index in [1.807, 2.05) is 50.1 Å². The van der Waals surface area contributed by atoms with Gasteiger partial charge in [-0.1, -0.05) is 0 Å². The van der Waals surface area contributed by atoms with Gasteiger partial charge in [0.2, 0.25) is 0 Å². The first-order valence-corrected chi connectivity index (χ1v) is 3.17. The quantitative estimate of drug-likeness (QED) is 0.424. The summed E-state index contributed by atoms with van der Waals surface area (Å²) in [5.41, 5.74) is 6.36. The summed E-state index contributed by atoms with van der Waals surface area (Å²) in [4.78, 5) is 1.91. The third-order valence-corrected chi connectivity index (χ3v) is 0.815. The first-order chi connectivity index (χ1) is 4.52. The molecule has 2 N–H and O–H groups in total. The molecule has 0 aliphatic heterocycles. The fourth-order valence-electron chi connectivity index (χ4n) is 0.630. The van der Waals surface area contributed by atoms with Gasteiger partial charge < -0.3 is 10.6 Å². The van der Waals surface area contributed by atoms with Gasteiger partial charge in [0.05, 0.1) is 0 Å². The zero-order chi connectivity index (χ0) is 8.15. The highest BCUT2D eigenvalue weighted by molar-refractivity contribution is 5.72. The molecule has 0 saturated heterocycles. The maximum Gasteiger partial charge on any atom is 0.187 e. The third kappa shape index (κ3) is 5.15. The van der Waals surface area contributed by atoms with Crippen molar-refractivity contribution in [3.05, 3.63) is 11.9 Å². The summed E-state index contributed by atoms with van der Waals surface area (Å²) in [6.45, 7) is 0. The predicted octanol–water partition coefficient (Wildman–Crippen LogP) is -0.309. The smallest absolute Gasteiger partial charge is 0.187 e. The molecule has 58 valence electrons. The zero-order valence-corrected chi connectivity index (χ0v) is 7.13. The van der Waals surface area contributed by atoms with E-state index in [0.717, 1.165) is 5.70 Å². The molecule has 10 heavy (non-hydrogen) atoms. The lowest BCUT2D eigenvalue weighted by atomic mass is 10.5. The molecular weight excluding hydrogens is 126 g/mol. The van der Waals surface area contributed by atoms with Gasteiger partial charge in [0.25, 0.3) is 0 Å². The monoisotopic (exact) mass is 142 g/mol. The Kier molecular flexibility index (Phi) is 3.54. The van der Waals surface area contributed by atoms with Crippen molar-refractivity contribution in [2.24, 2.45) is 5.73 Å². The Morgan fingerprint density at radius 2 is 1.90 bits per heavy atom. The predicted molar refractivity (Wildman–Crippen MR) is 44.1 cm³/mol. The van der Waals surface area contributed by atoms with Gasteiger partial charge in [-0.25, -0.2) is 4.58 Å². The second kappa shape index (κ2) is 3.93. The van der Waals surface area contributed by atoms with E-state index in [1.54, 1.807) is 0 Å². The van der Waals surface area contributed by atoms with Crippen LogP contribution in [0.1, 0.15) is 0 Å². The molecule has 0 fully saturated rings. The van der Waals surface area contributed by atoms with Crippen molar-refractivity contribution in [1.29, 1.82) is 0 Å². The molecular formula is C7H16N3+. The summed E-state index contributed by atoms with van der Waals surface area (Å²) in [6, 6.07) is 0. The molecule has 0 saturated carbocycles. The van der Waals surface area contributed by atoms with Gasteiger partial charge in [0, 0.05) is 20.3 Å². The summed E-state index contributed by atoms with van der Waals surface area (Å²) in [6.07, 6.45) is 3.72. The van der Waals surface area contributed by atoms with Gasteiger partial charge >= 0.3 is 0 Å². The maximum atomic E-state index is 5.60. The van der Waals surface area contributed by atoms with Crippen LogP contribution in [0.15, 0.2) is 11.9 Å². The Hall–Kier alpha value is -0.990. The standard InChI is InChI=1S/C7H16N3/c1-9(2)5-7(8)6-10(3)4/h5-6H,8H2,1-4H3/q+1. The van der Waals surface area contributed by atoms with Crippen molar-refractivity contribution in [3.63, 3.8) is 0 Å². The lowest BCUT2D eigenvalue weighted by Gasteiger charge is -2.03. The van der Waals surface area contributed by atoms with Crippen LogP contribution in [0.25, 0.3) is 0 Å². The molecule has 0 aromatic carbocycles. The molecule has 3 nitrogen and oxygen atoms in total. The number of hydrogen-bond acceptors (Lipinski definition) is 2. The van der Waals surface area contributed by atoms with Gasteiger partial charge in [-0.05, 0) is 0 Å². The molecule has 0 heterocycles. The van der Waals surface area contributed by atoms with Crippen molar-refractivity contribution < 1.29 is 4.58 Å². The van der Waals surface area contributed by atoms with Gasteiger partial charge in [0.15, 0.2) is 6.21 Å². The lowest BCUT2D eigenvalue weighted by molar-refractivity contribution is -0.459. The Labute approximate surface area is 62.4 Å². The Morgan fingerprint density at radius 3 is 2.20 bits per heavy atom. The number of rotatable bonds is 2. The van der Waals surface area contributed by atoms with Crippen LogP contribution in [0.4, 0.5) is 0 Å². The van der Waals surface area contributed by atoms with Crippen LogP contribution in [0.5, 0.6) is 0 Å². The molecule has 0 unspecified atom stereocenters. The SMILES string of the molecule is CN(C)/C=C(\N)C=[N+](C)C. The first kappa shape index (κ1) is 9.01. The normalized spacial score (nSPS) is 11.0. The molecule has 0 rings (SSSR count). The minimum absolute atomic E-state index is 0.759. The largest absolute Gasteiger partial charge is 0.393 e. The minimum atomic E-state index is 0.759. The number of nitrogens with zero attached hydrogens (tertiary/aromatic N) is 2. The van der Waals surface area contributed by atoms with Crippen LogP contribution in [0, 0.1) is 0 Å². The van der Waals surface area contributed by atoms with Crippen molar-refractivity contribution in [2.45, 2.75) is 0 Å². The first-order valence-electron chi connectivity index (χ1n) is 3.17. The molecule has 0 aliphatic carbocycles. The summed E-state index contributed by atoms with van der Waals surface area (Å²) in [5.74, 6) is 0. The Bertz CT molecular complexity index is 152. The lowest BCUT2D eigenvalue weighted by Crippen LogP contribution is -2.12. The van der Waals surface area contributed by atoms with Crippen molar-refractivity contribution >= 4 is 6.21 Å². The van der Waals surface area contributed by atoms with E-state index in [0.29, 0.717) is 0 Å². The molecule has 0 aliphatic rings. The van der Waals surface area contributed by atoms with Crippen LogP contribution in [0.3, 0.4) is 0 Å². The second-order valence-electron chi connectivity index (χ2n) is 2.69. The van der Waals surface area contributed by atoms with E-state index >= 15 is 0 Å². The Balaban J connectivity index is 4.08. The van der Waals surface area contributed by atoms with Gasteiger partial charge in [-0.15, -0.1) is 0 Å². The summed E-state index contributed by atoms with van der Waals surface area (Å²) >= 11 is 0. The molecule has 0 aromatic rings. The number of allylic oxidation sites excluding steroid dienone is 1. The maximum absolute atomic E-state index is 5.60.